The number of alkyl halides is 5. The molecule has 0 aromatic heterocycles. The van der Waals surface area contributed by atoms with E-state index in [0.29, 0.717) is 6.92 Å². The number of nitrogens with two attached hydrogens (primary N) is 1. The van der Waals surface area contributed by atoms with Crippen molar-refractivity contribution in [1.29, 1.82) is 0 Å². The second-order valence-electron chi connectivity index (χ2n) is 2.71. The molecule has 0 rings (SSSR count). The maximum atomic E-state index is 12.4. The molecule has 0 spiro atoms. The maximum Gasteiger partial charge on any atom is 0.403 e. The fourth-order valence-corrected chi connectivity index (χ4v) is 0.484. The zero-order valence-electron chi connectivity index (χ0n) is 7.16. The van der Waals surface area contributed by atoms with Crippen molar-refractivity contribution >= 4 is 5.91 Å². The molecule has 3 N–H and O–H groups in total. The first-order valence-corrected chi connectivity index (χ1v) is 3.55. The highest BCUT2D eigenvalue weighted by atomic mass is 19.4. The Bertz CT molecular complexity index is 215. The van der Waals surface area contributed by atoms with E-state index in [-0.39, 0.29) is 0 Å². The lowest BCUT2D eigenvalue weighted by molar-refractivity contribution is -0.159. The lowest BCUT2D eigenvalue weighted by Crippen LogP contribution is -2.49. The summed E-state index contributed by atoms with van der Waals surface area (Å²) in [6.45, 7) is -0.764. The number of primary amides is 1. The summed E-state index contributed by atoms with van der Waals surface area (Å²) in [5, 5.41) is 1.47. The number of hydrogen-bond donors (Lipinski definition) is 2. The van der Waals surface area contributed by atoms with Crippen LogP contribution < -0.4 is 11.1 Å². The van der Waals surface area contributed by atoms with Crippen molar-refractivity contribution in [3.63, 3.8) is 0 Å². The quantitative estimate of drug-likeness (QED) is 0.683. The molecule has 0 heterocycles. The lowest BCUT2D eigenvalue weighted by atomic mass is 10.2. The van der Waals surface area contributed by atoms with Crippen LogP contribution in [0.15, 0.2) is 0 Å². The summed E-state index contributed by atoms with van der Waals surface area (Å²) in [7, 11) is 0. The Morgan fingerprint density at radius 2 is 1.79 bits per heavy atom. The first-order chi connectivity index (χ1) is 6.07. The molecule has 0 bridgehead atoms. The van der Waals surface area contributed by atoms with Gasteiger partial charge in [-0.2, -0.15) is 22.0 Å². The van der Waals surface area contributed by atoms with Crippen LogP contribution in [0.1, 0.15) is 6.92 Å². The molecule has 0 saturated carbocycles. The standard InChI is InChI=1S/C6H9F5N2O/c1-3(6(9,10)11)13-2-5(7,8)4(12)14/h3,13H,2H2,1H3,(H2,12,14). The summed E-state index contributed by atoms with van der Waals surface area (Å²) in [5.41, 5.74) is 4.26. The molecule has 1 atom stereocenters. The molecule has 0 saturated heterocycles. The Morgan fingerprint density at radius 3 is 2.07 bits per heavy atom. The molecule has 0 aromatic carbocycles. The molecule has 1 amide bonds. The molecule has 0 radical (unpaired) electrons. The molecule has 0 aromatic rings. The minimum absolute atomic E-state index is 0.664. The van der Waals surface area contributed by atoms with E-state index in [2.05, 4.69) is 5.73 Å². The Kier molecular flexibility index (Phi) is 3.81. The van der Waals surface area contributed by atoms with Crippen LogP contribution >= 0.6 is 0 Å². The average molecular weight is 220 g/mol. The number of amides is 1. The number of rotatable bonds is 4. The third kappa shape index (κ3) is 3.86. The Hall–Kier alpha value is -0.920. The fraction of sp³-hybridized carbons (Fsp3) is 0.833. The van der Waals surface area contributed by atoms with E-state index in [0.717, 1.165) is 0 Å². The fourth-order valence-electron chi connectivity index (χ4n) is 0.484. The summed E-state index contributed by atoms with van der Waals surface area (Å²) in [5.74, 6) is -5.93. The highest BCUT2D eigenvalue weighted by Crippen LogP contribution is 2.20. The average Bonchev–Trinajstić information content (AvgIpc) is 1.98. The van der Waals surface area contributed by atoms with Crippen LogP contribution in [-0.2, 0) is 4.79 Å². The molecule has 1 unspecified atom stereocenters. The van der Waals surface area contributed by atoms with Crippen molar-refractivity contribution < 1.29 is 26.7 Å². The van der Waals surface area contributed by atoms with Crippen LogP contribution in [0.3, 0.4) is 0 Å². The molecule has 14 heavy (non-hydrogen) atoms. The molecule has 84 valence electrons. The Labute approximate surface area is 76.4 Å². The predicted molar refractivity (Wildman–Crippen MR) is 37.7 cm³/mol. The third-order valence-corrected chi connectivity index (χ3v) is 1.48. The van der Waals surface area contributed by atoms with Crippen LogP contribution in [0.25, 0.3) is 0 Å². The van der Waals surface area contributed by atoms with Crippen molar-refractivity contribution in [3.8, 4) is 0 Å². The molecule has 0 aliphatic heterocycles. The molecule has 0 aliphatic carbocycles. The zero-order valence-corrected chi connectivity index (χ0v) is 7.16. The minimum atomic E-state index is -4.63. The van der Waals surface area contributed by atoms with E-state index in [1.807, 2.05) is 0 Å². The van der Waals surface area contributed by atoms with Gasteiger partial charge in [-0.3, -0.25) is 4.79 Å². The summed E-state index contributed by atoms with van der Waals surface area (Å²) in [6, 6.07) is -2.12. The van der Waals surface area contributed by atoms with Crippen molar-refractivity contribution in [2.75, 3.05) is 6.54 Å². The van der Waals surface area contributed by atoms with Gasteiger partial charge in [0, 0.05) is 0 Å². The second-order valence-corrected chi connectivity index (χ2v) is 2.71. The van der Waals surface area contributed by atoms with Gasteiger partial charge in [0.15, 0.2) is 0 Å². The van der Waals surface area contributed by atoms with Gasteiger partial charge >= 0.3 is 12.1 Å². The molecule has 0 fully saturated rings. The monoisotopic (exact) mass is 220 g/mol. The number of nitrogens with one attached hydrogen (secondary N) is 1. The van der Waals surface area contributed by atoms with Gasteiger partial charge < -0.3 is 11.1 Å². The molecule has 0 aliphatic rings. The van der Waals surface area contributed by atoms with E-state index < -0.39 is 30.6 Å². The van der Waals surface area contributed by atoms with E-state index in [1.54, 1.807) is 0 Å². The van der Waals surface area contributed by atoms with Crippen LogP contribution in [0.4, 0.5) is 22.0 Å². The van der Waals surface area contributed by atoms with Gasteiger partial charge in [0.05, 0.1) is 6.54 Å². The van der Waals surface area contributed by atoms with Gasteiger partial charge in [0.1, 0.15) is 6.04 Å². The summed E-state index contributed by atoms with van der Waals surface area (Å²) >= 11 is 0. The van der Waals surface area contributed by atoms with Crippen LogP contribution in [-0.4, -0.2) is 30.6 Å². The van der Waals surface area contributed by atoms with Crippen molar-refractivity contribution in [2.24, 2.45) is 5.73 Å². The number of hydrogen-bond acceptors (Lipinski definition) is 2. The van der Waals surface area contributed by atoms with Crippen LogP contribution in [0.2, 0.25) is 0 Å². The zero-order chi connectivity index (χ0) is 11.6. The first kappa shape index (κ1) is 13.1. The number of carbonyl (C=O) groups is 1. The summed E-state index contributed by atoms with van der Waals surface area (Å²) in [6.07, 6.45) is -4.63. The molecular formula is C6H9F5N2O. The van der Waals surface area contributed by atoms with Gasteiger partial charge in [-0.1, -0.05) is 0 Å². The second kappa shape index (κ2) is 4.07. The number of carbonyl (C=O) groups excluding carboxylic acids is 1. The Morgan fingerprint density at radius 1 is 1.36 bits per heavy atom. The van der Waals surface area contributed by atoms with Crippen LogP contribution in [0.5, 0.6) is 0 Å². The van der Waals surface area contributed by atoms with Gasteiger partial charge in [-0.05, 0) is 6.92 Å². The summed E-state index contributed by atoms with van der Waals surface area (Å²) in [4.78, 5) is 10.0. The SMILES string of the molecule is CC(NCC(F)(F)C(N)=O)C(F)(F)F. The van der Waals surface area contributed by atoms with Crippen molar-refractivity contribution in [1.82, 2.24) is 5.32 Å². The first-order valence-electron chi connectivity index (χ1n) is 3.55. The van der Waals surface area contributed by atoms with Crippen molar-refractivity contribution in [3.05, 3.63) is 0 Å². The third-order valence-electron chi connectivity index (χ3n) is 1.48. The Balaban J connectivity index is 4.13. The van der Waals surface area contributed by atoms with Gasteiger partial charge in [0.25, 0.3) is 5.91 Å². The highest BCUT2D eigenvalue weighted by Gasteiger charge is 2.41. The largest absolute Gasteiger partial charge is 0.403 e. The van der Waals surface area contributed by atoms with Crippen molar-refractivity contribution in [2.45, 2.75) is 25.1 Å². The minimum Gasteiger partial charge on any atom is -0.364 e. The van der Waals surface area contributed by atoms with E-state index in [4.69, 9.17) is 0 Å². The highest BCUT2D eigenvalue weighted by molar-refractivity contribution is 5.81. The normalized spacial score (nSPS) is 15.3. The van der Waals surface area contributed by atoms with Gasteiger partial charge in [-0.25, -0.2) is 0 Å². The summed E-state index contributed by atoms with van der Waals surface area (Å²) < 4.78 is 60.2. The maximum absolute atomic E-state index is 12.4. The topological polar surface area (TPSA) is 55.1 Å². The van der Waals surface area contributed by atoms with E-state index in [1.165, 1.54) is 5.32 Å². The van der Waals surface area contributed by atoms with Gasteiger partial charge in [-0.15, -0.1) is 0 Å². The lowest BCUT2D eigenvalue weighted by Gasteiger charge is -2.20. The molecule has 8 heteroatoms. The number of halogens is 5. The van der Waals surface area contributed by atoms with E-state index >= 15 is 0 Å². The van der Waals surface area contributed by atoms with E-state index in [9.17, 15) is 26.7 Å². The molecular weight excluding hydrogens is 211 g/mol. The smallest absolute Gasteiger partial charge is 0.364 e. The molecule has 3 nitrogen and oxygen atoms in total. The predicted octanol–water partition coefficient (Wildman–Crippen LogP) is 0.647. The van der Waals surface area contributed by atoms with Crippen LogP contribution in [0, 0.1) is 0 Å². The van der Waals surface area contributed by atoms with Gasteiger partial charge in [0.2, 0.25) is 0 Å².